The summed E-state index contributed by atoms with van der Waals surface area (Å²) in [6, 6.07) is 6.80. The number of nitrogens with one attached hydrogen (secondary N) is 2. The number of carbonyl (C=O) groups is 3. The van der Waals surface area contributed by atoms with E-state index in [9.17, 15) is 14.4 Å². The average molecular weight is 367 g/mol. The van der Waals surface area contributed by atoms with Gasteiger partial charge in [0.05, 0.1) is 5.69 Å². The molecule has 142 valence electrons. The lowest BCUT2D eigenvalue weighted by Gasteiger charge is -2.34. The first-order chi connectivity index (χ1) is 13.0. The fraction of sp³-hybridized carbons (Fsp3) is 0.476. The molecule has 2 aliphatic rings. The van der Waals surface area contributed by atoms with Crippen molar-refractivity contribution < 1.29 is 14.4 Å². The molecular formula is C21H25N3O3. The minimum absolute atomic E-state index is 0.0374. The maximum atomic E-state index is 12.9. The molecule has 3 heterocycles. The van der Waals surface area contributed by atoms with Gasteiger partial charge in [0.2, 0.25) is 11.8 Å². The zero-order valence-electron chi connectivity index (χ0n) is 15.7. The molecule has 0 radical (unpaired) electrons. The van der Waals surface area contributed by atoms with Crippen LogP contribution in [0, 0.1) is 5.92 Å². The quantitative estimate of drug-likeness (QED) is 0.796. The SMILES string of the molecule is CC(C)CC(=O)c1[nH]c2ccccc2c1C[C@@H]1NC(=O)[C@@H]2CCCN2C1=O. The van der Waals surface area contributed by atoms with Gasteiger partial charge >= 0.3 is 0 Å². The number of H-pyrrole nitrogens is 1. The number of benzene rings is 1. The topological polar surface area (TPSA) is 82.3 Å². The maximum absolute atomic E-state index is 12.9. The molecule has 1 aromatic heterocycles. The summed E-state index contributed by atoms with van der Waals surface area (Å²) in [7, 11) is 0. The highest BCUT2D eigenvalue weighted by atomic mass is 16.2. The number of aromatic amines is 1. The van der Waals surface area contributed by atoms with Gasteiger partial charge in [-0.2, -0.15) is 0 Å². The fourth-order valence-electron chi connectivity index (χ4n) is 4.30. The third-order valence-electron chi connectivity index (χ3n) is 5.55. The van der Waals surface area contributed by atoms with E-state index in [0.717, 1.165) is 29.3 Å². The van der Waals surface area contributed by atoms with Crippen LogP contribution in [0.1, 0.15) is 49.2 Å². The van der Waals surface area contributed by atoms with Gasteiger partial charge < -0.3 is 15.2 Å². The van der Waals surface area contributed by atoms with Crippen LogP contribution in [0.25, 0.3) is 10.9 Å². The molecule has 0 unspecified atom stereocenters. The Hall–Kier alpha value is -2.63. The summed E-state index contributed by atoms with van der Waals surface area (Å²) in [4.78, 5) is 43.0. The highest BCUT2D eigenvalue weighted by molar-refractivity contribution is 6.03. The zero-order valence-corrected chi connectivity index (χ0v) is 15.7. The lowest BCUT2D eigenvalue weighted by Crippen LogP contribution is -2.61. The molecule has 2 N–H and O–H groups in total. The number of hydrogen-bond acceptors (Lipinski definition) is 3. The van der Waals surface area contributed by atoms with Crippen molar-refractivity contribution in [3.8, 4) is 0 Å². The molecule has 0 saturated carbocycles. The number of aromatic nitrogens is 1. The summed E-state index contributed by atoms with van der Waals surface area (Å²) in [6.07, 6.45) is 2.37. The molecule has 2 atom stereocenters. The summed E-state index contributed by atoms with van der Waals surface area (Å²) in [5.41, 5.74) is 2.27. The normalized spacial score (nSPS) is 22.4. The monoisotopic (exact) mass is 367 g/mol. The minimum Gasteiger partial charge on any atom is -0.352 e. The number of carbonyl (C=O) groups excluding carboxylic acids is 3. The van der Waals surface area contributed by atoms with Crippen LogP contribution in [-0.4, -0.2) is 46.1 Å². The fourth-order valence-corrected chi connectivity index (χ4v) is 4.30. The Bertz CT molecular complexity index is 915. The molecular weight excluding hydrogens is 342 g/mol. The predicted molar refractivity (Wildman–Crippen MR) is 102 cm³/mol. The second-order valence-electron chi connectivity index (χ2n) is 8.00. The Kier molecular flexibility index (Phi) is 4.50. The summed E-state index contributed by atoms with van der Waals surface area (Å²) >= 11 is 0. The van der Waals surface area contributed by atoms with Crippen LogP contribution >= 0.6 is 0 Å². The molecule has 0 aliphatic carbocycles. The smallest absolute Gasteiger partial charge is 0.246 e. The number of fused-ring (bicyclic) bond motifs is 2. The summed E-state index contributed by atoms with van der Waals surface area (Å²) < 4.78 is 0. The van der Waals surface area contributed by atoms with Gasteiger partial charge in [0.1, 0.15) is 12.1 Å². The summed E-state index contributed by atoms with van der Waals surface area (Å²) in [5.74, 6) is 0.180. The van der Waals surface area contributed by atoms with E-state index in [4.69, 9.17) is 0 Å². The van der Waals surface area contributed by atoms with Crippen LogP contribution in [0.3, 0.4) is 0 Å². The molecule has 2 amide bonds. The van der Waals surface area contributed by atoms with E-state index >= 15 is 0 Å². The number of ketones is 1. The lowest BCUT2D eigenvalue weighted by molar-refractivity contribution is -0.146. The third kappa shape index (κ3) is 3.13. The van der Waals surface area contributed by atoms with Crippen molar-refractivity contribution in [2.45, 2.75) is 51.6 Å². The highest BCUT2D eigenvalue weighted by Gasteiger charge is 2.43. The number of piperazine rings is 1. The van der Waals surface area contributed by atoms with E-state index in [2.05, 4.69) is 10.3 Å². The van der Waals surface area contributed by atoms with Gasteiger partial charge in [-0.3, -0.25) is 14.4 Å². The number of rotatable bonds is 5. The summed E-state index contributed by atoms with van der Waals surface area (Å²) in [6.45, 7) is 4.66. The van der Waals surface area contributed by atoms with Crippen LogP contribution in [0.2, 0.25) is 0 Å². The second kappa shape index (κ2) is 6.83. The molecule has 6 nitrogen and oxygen atoms in total. The number of Topliss-reactive ketones (excluding diaryl/α,β-unsaturated/α-hetero) is 1. The van der Waals surface area contributed by atoms with Gasteiger partial charge in [-0.25, -0.2) is 0 Å². The van der Waals surface area contributed by atoms with Crippen LogP contribution < -0.4 is 5.32 Å². The molecule has 6 heteroatoms. The average Bonchev–Trinajstić information content (AvgIpc) is 3.25. The number of nitrogens with zero attached hydrogens (tertiary/aromatic N) is 1. The number of hydrogen-bond donors (Lipinski definition) is 2. The molecule has 0 bridgehead atoms. The van der Waals surface area contributed by atoms with Crippen molar-refractivity contribution in [1.29, 1.82) is 0 Å². The number of para-hydroxylation sites is 1. The molecule has 2 fully saturated rings. The Morgan fingerprint density at radius 2 is 2.04 bits per heavy atom. The van der Waals surface area contributed by atoms with Crippen molar-refractivity contribution in [2.24, 2.45) is 5.92 Å². The summed E-state index contributed by atoms with van der Waals surface area (Å²) in [5, 5.41) is 3.83. The van der Waals surface area contributed by atoms with E-state index in [1.54, 1.807) is 4.90 Å². The third-order valence-corrected chi connectivity index (χ3v) is 5.55. The van der Waals surface area contributed by atoms with E-state index in [1.165, 1.54) is 0 Å². The van der Waals surface area contributed by atoms with Crippen LogP contribution in [0.4, 0.5) is 0 Å². The molecule has 4 rings (SSSR count). The van der Waals surface area contributed by atoms with Crippen molar-refractivity contribution in [3.63, 3.8) is 0 Å². The van der Waals surface area contributed by atoms with E-state index in [-0.39, 0.29) is 29.6 Å². The van der Waals surface area contributed by atoms with E-state index in [0.29, 0.717) is 25.1 Å². The van der Waals surface area contributed by atoms with Crippen molar-refractivity contribution in [1.82, 2.24) is 15.2 Å². The Morgan fingerprint density at radius 3 is 2.81 bits per heavy atom. The first-order valence-corrected chi connectivity index (χ1v) is 9.69. The van der Waals surface area contributed by atoms with Gasteiger partial charge in [0.15, 0.2) is 5.78 Å². The Balaban J connectivity index is 1.69. The first kappa shape index (κ1) is 17.8. The molecule has 2 saturated heterocycles. The van der Waals surface area contributed by atoms with Gasteiger partial charge in [-0.15, -0.1) is 0 Å². The molecule has 1 aromatic carbocycles. The largest absolute Gasteiger partial charge is 0.352 e. The highest BCUT2D eigenvalue weighted by Crippen LogP contribution is 2.28. The Morgan fingerprint density at radius 1 is 1.26 bits per heavy atom. The van der Waals surface area contributed by atoms with Crippen LogP contribution in [-0.2, 0) is 16.0 Å². The first-order valence-electron chi connectivity index (χ1n) is 9.69. The van der Waals surface area contributed by atoms with Gasteiger partial charge in [0.25, 0.3) is 0 Å². The number of amides is 2. The lowest BCUT2D eigenvalue weighted by atomic mass is 9.95. The Labute approximate surface area is 158 Å². The van der Waals surface area contributed by atoms with Gasteiger partial charge in [-0.05, 0) is 30.4 Å². The maximum Gasteiger partial charge on any atom is 0.246 e. The molecule has 0 spiro atoms. The van der Waals surface area contributed by atoms with Crippen LogP contribution in [0.5, 0.6) is 0 Å². The van der Waals surface area contributed by atoms with Gasteiger partial charge in [0, 0.05) is 30.3 Å². The second-order valence-corrected chi connectivity index (χ2v) is 8.00. The molecule has 27 heavy (non-hydrogen) atoms. The van der Waals surface area contributed by atoms with Crippen LogP contribution in [0.15, 0.2) is 24.3 Å². The minimum atomic E-state index is -0.614. The van der Waals surface area contributed by atoms with E-state index in [1.807, 2.05) is 38.1 Å². The van der Waals surface area contributed by atoms with Gasteiger partial charge in [-0.1, -0.05) is 32.0 Å². The molecule has 2 aliphatic heterocycles. The predicted octanol–water partition coefficient (Wildman–Crippen LogP) is 2.43. The zero-order chi connectivity index (χ0) is 19.1. The molecule has 2 aromatic rings. The van der Waals surface area contributed by atoms with Crippen molar-refractivity contribution >= 4 is 28.5 Å². The van der Waals surface area contributed by atoms with Crippen molar-refractivity contribution in [3.05, 3.63) is 35.5 Å². The van der Waals surface area contributed by atoms with Crippen molar-refractivity contribution in [2.75, 3.05) is 6.54 Å². The standard InChI is InChI=1S/C21H25N3O3/c1-12(2)10-18(25)19-14(13-6-3-4-7-15(13)22-19)11-16-21(27)24-9-5-8-17(24)20(26)23-16/h3-4,6-7,12,16-17,22H,5,8-11H2,1-2H3,(H,23,26)/t16-,17-/m0/s1. The van der Waals surface area contributed by atoms with E-state index < -0.39 is 6.04 Å².